The van der Waals surface area contributed by atoms with Crippen molar-refractivity contribution in [1.29, 1.82) is 0 Å². The topological polar surface area (TPSA) is 43.8 Å². The maximum atomic E-state index is 13.0. The summed E-state index contributed by atoms with van der Waals surface area (Å²) in [5.74, 6) is -0.123. The summed E-state index contributed by atoms with van der Waals surface area (Å²) in [6.07, 6.45) is 0. The third-order valence-electron chi connectivity index (χ3n) is 3.46. The van der Waals surface area contributed by atoms with E-state index in [0.29, 0.717) is 13.1 Å². The lowest BCUT2D eigenvalue weighted by atomic mass is 10.1. The van der Waals surface area contributed by atoms with Crippen molar-refractivity contribution in [2.45, 2.75) is 13.0 Å². The fourth-order valence-corrected chi connectivity index (χ4v) is 2.56. The molecule has 2 rings (SSSR count). The lowest BCUT2D eigenvalue weighted by Gasteiger charge is -2.30. The Labute approximate surface area is 112 Å². The Morgan fingerprint density at radius 2 is 1.95 bits per heavy atom. The monoisotopic (exact) mass is 266 g/mol. The largest absolute Gasteiger partial charge is 0.394 e. The molecule has 0 saturated carbocycles. The lowest BCUT2D eigenvalue weighted by Crippen LogP contribution is -2.47. The molecule has 0 aromatic heterocycles. The van der Waals surface area contributed by atoms with Crippen molar-refractivity contribution < 1.29 is 14.3 Å². The second-order valence-corrected chi connectivity index (χ2v) is 5.15. The summed E-state index contributed by atoms with van der Waals surface area (Å²) < 4.78 is 13.0. The number of aliphatic hydroxyl groups excluding tert-OH is 1. The van der Waals surface area contributed by atoms with E-state index in [-0.39, 0.29) is 24.2 Å². The first-order valence-corrected chi connectivity index (χ1v) is 6.41. The Balaban J connectivity index is 2.34. The summed E-state index contributed by atoms with van der Waals surface area (Å²) in [6.45, 7) is 3.13. The Kier molecular flexibility index (Phi) is 4.04. The van der Waals surface area contributed by atoms with Gasteiger partial charge in [0.05, 0.1) is 6.61 Å². The number of benzene rings is 1. The molecule has 0 aliphatic carbocycles. The molecule has 1 aromatic carbocycles. The summed E-state index contributed by atoms with van der Waals surface area (Å²) >= 11 is 0. The van der Waals surface area contributed by atoms with Gasteiger partial charge in [0.15, 0.2) is 0 Å². The van der Waals surface area contributed by atoms with Crippen LogP contribution in [-0.4, -0.2) is 48.7 Å². The zero-order valence-corrected chi connectivity index (χ0v) is 11.2. The van der Waals surface area contributed by atoms with Crippen molar-refractivity contribution in [2.24, 2.45) is 5.92 Å². The molecule has 4 nitrogen and oxygen atoms in total. The molecule has 0 radical (unpaired) electrons. The van der Waals surface area contributed by atoms with Crippen molar-refractivity contribution >= 4 is 11.6 Å². The van der Waals surface area contributed by atoms with Crippen LogP contribution in [0.15, 0.2) is 24.3 Å². The van der Waals surface area contributed by atoms with Crippen LogP contribution in [-0.2, 0) is 4.79 Å². The number of nitrogens with zero attached hydrogens (tertiary/aromatic N) is 2. The van der Waals surface area contributed by atoms with Crippen LogP contribution in [0.3, 0.4) is 0 Å². The molecular weight excluding hydrogens is 247 g/mol. The Hall–Kier alpha value is -1.62. The van der Waals surface area contributed by atoms with Crippen LogP contribution in [0.4, 0.5) is 10.1 Å². The fourth-order valence-electron chi connectivity index (χ4n) is 2.56. The minimum Gasteiger partial charge on any atom is -0.394 e. The molecule has 2 unspecified atom stereocenters. The predicted molar refractivity (Wildman–Crippen MR) is 71.4 cm³/mol. The van der Waals surface area contributed by atoms with E-state index in [9.17, 15) is 14.3 Å². The number of likely N-dealkylation sites (N-methyl/N-ethyl adjacent to an activating group) is 1. The number of carbonyl (C=O) groups excluding carboxylic acids is 1. The zero-order chi connectivity index (χ0) is 14.0. The molecule has 0 spiro atoms. The molecule has 0 bridgehead atoms. The first kappa shape index (κ1) is 13.8. The Bertz CT molecular complexity index is 449. The maximum absolute atomic E-state index is 13.0. The molecule has 104 valence electrons. The van der Waals surface area contributed by atoms with Crippen LogP contribution in [0.2, 0.25) is 0 Å². The highest BCUT2D eigenvalue weighted by molar-refractivity contribution is 5.85. The SMILES string of the molecule is CC1CN(C)C(=O)C(CO)N(c2ccc(F)cc2)C1. The quantitative estimate of drug-likeness (QED) is 0.872. The summed E-state index contributed by atoms with van der Waals surface area (Å²) in [5, 5.41) is 9.51. The molecule has 1 heterocycles. The Morgan fingerprint density at radius 1 is 1.32 bits per heavy atom. The molecule has 1 aromatic rings. The molecule has 5 heteroatoms. The number of amides is 1. The van der Waals surface area contributed by atoms with Gasteiger partial charge in [0.2, 0.25) is 5.91 Å². The minimum absolute atomic E-state index is 0.101. The van der Waals surface area contributed by atoms with Crippen LogP contribution in [0.5, 0.6) is 0 Å². The summed E-state index contributed by atoms with van der Waals surface area (Å²) in [4.78, 5) is 15.7. The van der Waals surface area contributed by atoms with Crippen molar-refractivity contribution in [3.63, 3.8) is 0 Å². The van der Waals surface area contributed by atoms with Gasteiger partial charge in [0.25, 0.3) is 0 Å². The number of aliphatic hydroxyl groups is 1. The van der Waals surface area contributed by atoms with Gasteiger partial charge in [-0.25, -0.2) is 4.39 Å². The number of hydrogen-bond donors (Lipinski definition) is 1. The second-order valence-electron chi connectivity index (χ2n) is 5.15. The first-order chi connectivity index (χ1) is 9.02. The molecule has 1 aliphatic heterocycles. The van der Waals surface area contributed by atoms with Gasteiger partial charge >= 0.3 is 0 Å². The van der Waals surface area contributed by atoms with Crippen molar-refractivity contribution in [1.82, 2.24) is 4.90 Å². The smallest absolute Gasteiger partial charge is 0.247 e. The molecular formula is C14H19FN2O2. The molecule has 1 saturated heterocycles. The first-order valence-electron chi connectivity index (χ1n) is 6.41. The molecule has 1 amide bonds. The van der Waals surface area contributed by atoms with E-state index >= 15 is 0 Å². The number of carbonyl (C=O) groups is 1. The van der Waals surface area contributed by atoms with E-state index in [4.69, 9.17) is 0 Å². The number of rotatable bonds is 2. The number of anilines is 1. The van der Waals surface area contributed by atoms with Gasteiger partial charge in [-0.1, -0.05) is 6.92 Å². The third kappa shape index (κ3) is 2.87. The van der Waals surface area contributed by atoms with Gasteiger partial charge < -0.3 is 14.9 Å². The van der Waals surface area contributed by atoms with Crippen LogP contribution >= 0.6 is 0 Å². The Morgan fingerprint density at radius 3 is 2.53 bits per heavy atom. The molecule has 1 aliphatic rings. The van der Waals surface area contributed by atoms with Crippen molar-refractivity contribution in [2.75, 3.05) is 31.6 Å². The lowest BCUT2D eigenvalue weighted by molar-refractivity contribution is -0.131. The van der Waals surface area contributed by atoms with Crippen molar-refractivity contribution in [3.8, 4) is 0 Å². The standard InChI is InChI=1S/C14H19FN2O2/c1-10-7-16(2)14(19)13(9-18)17(8-10)12-5-3-11(15)4-6-12/h3-6,10,13,18H,7-9H2,1-2H3. The summed E-state index contributed by atoms with van der Waals surface area (Å²) in [6, 6.07) is 5.42. The third-order valence-corrected chi connectivity index (χ3v) is 3.46. The predicted octanol–water partition coefficient (Wildman–Crippen LogP) is 1.10. The highest BCUT2D eigenvalue weighted by atomic mass is 19.1. The van der Waals surface area contributed by atoms with Crippen molar-refractivity contribution in [3.05, 3.63) is 30.1 Å². The van der Waals surface area contributed by atoms with E-state index in [2.05, 4.69) is 6.92 Å². The van der Waals surface area contributed by atoms with Crippen LogP contribution in [0.1, 0.15) is 6.92 Å². The average molecular weight is 266 g/mol. The van der Waals surface area contributed by atoms with Crippen LogP contribution in [0, 0.1) is 11.7 Å². The van der Waals surface area contributed by atoms with E-state index in [0.717, 1.165) is 5.69 Å². The second kappa shape index (κ2) is 5.57. The van der Waals surface area contributed by atoms with E-state index in [1.54, 1.807) is 24.1 Å². The fraction of sp³-hybridized carbons (Fsp3) is 0.500. The molecule has 1 fully saturated rings. The van der Waals surface area contributed by atoms with E-state index in [1.807, 2.05) is 4.90 Å². The van der Waals surface area contributed by atoms with E-state index in [1.165, 1.54) is 12.1 Å². The maximum Gasteiger partial charge on any atom is 0.247 e. The van der Waals surface area contributed by atoms with Gasteiger partial charge in [-0.15, -0.1) is 0 Å². The zero-order valence-electron chi connectivity index (χ0n) is 11.2. The molecule has 19 heavy (non-hydrogen) atoms. The van der Waals surface area contributed by atoms with Crippen LogP contribution in [0.25, 0.3) is 0 Å². The normalized spacial score (nSPS) is 24.5. The average Bonchev–Trinajstić information content (AvgIpc) is 2.48. The van der Waals surface area contributed by atoms with Crippen LogP contribution < -0.4 is 4.90 Å². The minimum atomic E-state index is -0.597. The molecule has 2 atom stereocenters. The highest BCUT2D eigenvalue weighted by Gasteiger charge is 2.33. The van der Waals surface area contributed by atoms with E-state index < -0.39 is 6.04 Å². The highest BCUT2D eigenvalue weighted by Crippen LogP contribution is 2.23. The van der Waals surface area contributed by atoms with Gasteiger partial charge in [0.1, 0.15) is 11.9 Å². The number of hydrogen-bond acceptors (Lipinski definition) is 3. The van der Waals surface area contributed by atoms with Gasteiger partial charge in [-0.3, -0.25) is 4.79 Å². The summed E-state index contributed by atoms with van der Waals surface area (Å²) in [7, 11) is 1.75. The summed E-state index contributed by atoms with van der Waals surface area (Å²) in [5.41, 5.74) is 0.760. The van der Waals surface area contributed by atoms with Gasteiger partial charge in [-0.2, -0.15) is 0 Å². The molecule has 1 N–H and O–H groups in total. The van der Waals surface area contributed by atoms with Gasteiger partial charge in [-0.05, 0) is 30.2 Å². The van der Waals surface area contributed by atoms with Gasteiger partial charge in [0, 0.05) is 25.8 Å². The number of halogens is 1.